The van der Waals surface area contributed by atoms with E-state index in [0.717, 1.165) is 5.69 Å². The van der Waals surface area contributed by atoms with Gasteiger partial charge in [0.25, 0.3) is 0 Å². The van der Waals surface area contributed by atoms with Gasteiger partial charge < -0.3 is 14.2 Å². The molecule has 9 heteroatoms. The van der Waals surface area contributed by atoms with Gasteiger partial charge in [0.1, 0.15) is 12.3 Å². The summed E-state index contributed by atoms with van der Waals surface area (Å²) >= 11 is 3.49. The Morgan fingerprint density at radius 2 is 2.11 bits per heavy atom. The maximum atomic E-state index is 12.0. The van der Waals surface area contributed by atoms with Crippen molar-refractivity contribution in [2.75, 3.05) is 13.7 Å². The lowest BCUT2D eigenvalue weighted by molar-refractivity contribution is 0.0520. The summed E-state index contributed by atoms with van der Waals surface area (Å²) in [6.45, 7) is 2.26. The van der Waals surface area contributed by atoms with Crippen LogP contribution in [-0.4, -0.2) is 40.1 Å². The number of carbonyl (C=O) groups excluding carboxylic acids is 1. The van der Waals surface area contributed by atoms with Crippen molar-refractivity contribution >= 4 is 21.9 Å². The van der Waals surface area contributed by atoms with Gasteiger partial charge in [-0.1, -0.05) is 6.07 Å². The number of halogens is 1. The van der Waals surface area contributed by atoms with Gasteiger partial charge in [0.2, 0.25) is 0 Å². The molecule has 0 saturated carbocycles. The Bertz CT molecular complexity index is 930. The predicted molar refractivity (Wildman–Crippen MR) is 101 cm³/mol. The van der Waals surface area contributed by atoms with Crippen LogP contribution in [0, 0.1) is 0 Å². The first-order valence-corrected chi connectivity index (χ1v) is 8.91. The van der Waals surface area contributed by atoms with E-state index in [4.69, 9.17) is 14.2 Å². The number of methoxy groups -OCH3 is 1. The number of rotatable bonds is 7. The number of pyridine rings is 1. The lowest BCUT2D eigenvalue weighted by atomic mass is 10.1. The zero-order valence-electron chi connectivity index (χ0n) is 14.7. The second-order valence-corrected chi connectivity index (χ2v) is 6.19. The predicted octanol–water partition coefficient (Wildman–Crippen LogP) is 3.39. The van der Waals surface area contributed by atoms with Crippen molar-refractivity contribution in [3.8, 4) is 22.8 Å². The zero-order valence-corrected chi connectivity index (χ0v) is 16.3. The Hall–Kier alpha value is -2.94. The number of esters is 1. The van der Waals surface area contributed by atoms with Crippen LogP contribution in [0.1, 0.15) is 23.1 Å². The Balaban J connectivity index is 1.91. The molecule has 2 aromatic heterocycles. The largest absolute Gasteiger partial charge is 0.493 e. The van der Waals surface area contributed by atoms with E-state index in [2.05, 4.69) is 36.3 Å². The monoisotopic (exact) mass is 432 g/mol. The van der Waals surface area contributed by atoms with Crippen LogP contribution < -0.4 is 9.47 Å². The first-order chi connectivity index (χ1) is 13.1. The number of aromatic amines is 1. The summed E-state index contributed by atoms with van der Waals surface area (Å²) in [6, 6.07) is 9.10. The maximum absolute atomic E-state index is 12.0. The summed E-state index contributed by atoms with van der Waals surface area (Å²) < 4.78 is 17.0. The average Bonchev–Trinajstić information content (AvgIpc) is 3.17. The lowest BCUT2D eigenvalue weighted by Crippen LogP contribution is -2.07. The van der Waals surface area contributed by atoms with E-state index in [1.54, 1.807) is 25.3 Å². The number of carbonyl (C=O) groups is 1. The van der Waals surface area contributed by atoms with Crippen molar-refractivity contribution in [2.24, 2.45) is 0 Å². The molecule has 1 N–H and O–H groups in total. The fourth-order valence-electron chi connectivity index (χ4n) is 2.40. The fourth-order valence-corrected chi connectivity index (χ4v) is 2.96. The molecular weight excluding hydrogens is 416 g/mol. The van der Waals surface area contributed by atoms with Gasteiger partial charge in [0, 0.05) is 11.8 Å². The lowest BCUT2D eigenvalue weighted by Gasteiger charge is -2.14. The van der Waals surface area contributed by atoms with Crippen LogP contribution in [0.3, 0.4) is 0 Å². The van der Waals surface area contributed by atoms with Gasteiger partial charge in [0.05, 0.1) is 23.9 Å². The summed E-state index contributed by atoms with van der Waals surface area (Å²) in [7, 11) is 1.54. The number of ether oxygens (including phenoxy) is 3. The third-order valence-electron chi connectivity index (χ3n) is 3.61. The highest BCUT2D eigenvalue weighted by Gasteiger charge is 2.22. The van der Waals surface area contributed by atoms with Crippen molar-refractivity contribution in [2.45, 2.75) is 13.5 Å². The summed E-state index contributed by atoms with van der Waals surface area (Å²) in [5, 5.41) is 10.4. The summed E-state index contributed by atoms with van der Waals surface area (Å²) in [6.07, 6.45) is 1.70. The minimum absolute atomic E-state index is 0.105. The summed E-state index contributed by atoms with van der Waals surface area (Å²) in [5.41, 5.74) is 1.88. The highest BCUT2D eigenvalue weighted by molar-refractivity contribution is 9.10. The molecule has 0 unspecified atom stereocenters. The number of nitrogens with one attached hydrogen (secondary N) is 1. The minimum Gasteiger partial charge on any atom is -0.493 e. The Morgan fingerprint density at radius 3 is 2.81 bits per heavy atom. The fraction of sp³-hybridized carbons (Fsp3) is 0.222. The van der Waals surface area contributed by atoms with E-state index >= 15 is 0 Å². The van der Waals surface area contributed by atoms with Crippen LogP contribution in [0.2, 0.25) is 0 Å². The standard InChI is InChI=1S/C18H17BrN4O4/c1-3-26-18(24)16-15(21-23-22-16)11-8-13(19)17(14(9-11)25-2)27-10-12-6-4-5-7-20-12/h4-9H,3,10H2,1-2H3,(H,21,22,23). The molecule has 2 heterocycles. The van der Waals surface area contributed by atoms with Crippen molar-refractivity contribution in [1.82, 2.24) is 20.4 Å². The van der Waals surface area contributed by atoms with Crippen LogP contribution in [0.5, 0.6) is 11.5 Å². The van der Waals surface area contributed by atoms with Crippen LogP contribution in [0.15, 0.2) is 41.0 Å². The van der Waals surface area contributed by atoms with Crippen LogP contribution >= 0.6 is 15.9 Å². The van der Waals surface area contributed by atoms with Gasteiger partial charge in [-0.3, -0.25) is 4.98 Å². The molecule has 0 aliphatic heterocycles. The van der Waals surface area contributed by atoms with E-state index in [1.165, 1.54) is 7.11 Å². The zero-order chi connectivity index (χ0) is 19.2. The second-order valence-electron chi connectivity index (χ2n) is 5.34. The summed E-state index contributed by atoms with van der Waals surface area (Å²) in [4.78, 5) is 16.3. The number of H-pyrrole nitrogens is 1. The van der Waals surface area contributed by atoms with Gasteiger partial charge in [-0.2, -0.15) is 10.3 Å². The molecule has 140 valence electrons. The number of aromatic nitrogens is 4. The Kier molecular flexibility index (Phi) is 6.02. The topological polar surface area (TPSA) is 99.2 Å². The van der Waals surface area contributed by atoms with E-state index < -0.39 is 5.97 Å². The molecule has 0 aliphatic carbocycles. The molecule has 27 heavy (non-hydrogen) atoms. The molecular formula is C18H17BrN4O4. The Morgan fingerprint density at radius 1 is 1.26 bits per heavy atom. The van der Waals surface area contributed by atoms with E-state index in [-0.39, 0.29) is 18.9 Å². The molecule has 0 atom stereocenters. The molecule has 1 aromatic carbocycles. The molecule has 0 spiro atoms. The molecule has 0 bridgehead atoms. The quantitative estimate of drug-likeness (QED) is 0.571. The molecule has 3 rings (SSSR count). The van der Waals surface area contributed by atoms with Gasteiger partial charge in [-0.25, -0.2) is 4.79 Å². The van der Waals surface area contributed by atoms with Gasteiger partial charge >= 0.3 is 5.97 Å². The van der Waals surface area contributed by atoms with Crippen molar-refractivity contribution < 1.29 is 19.0 Å². The third-order valence-corrected chi connectivity index (χ3v) is 4.20. The smallest absolute Gasteiger partial charge is 0.361 e. The highest BCUT2D eigenvalue weighted by Crippen LogP contribution is 2.40. The van der Waals surface area contributed by atoms with Gasteiger partial charge in [0.15, 0.2) is 17.2 Å². The van der Waals surface area contributed by atoms with Crippen molar-refractivity contribution in [3.63, 3.8) is 0 Å². The normalized spacial score (nSPS) is 10.5. The Labute approximate surface area is 164 Å². The van der Waals surface area contributed by atoms with Crippen LogP contribution in [0.4, 0.5) is 0 Å². The molecule has 0 aliphatic rings. The van der Waals surface area contributed by atoms with E-state index in [0.29, 0.717) is 27.2 Å². The third kappa shape index (κ3) is 4.25. The molecule has 0 fully saturated rings. The summed E-state index contributed by atoms with van der Waals surface area (Å²) in [5.74, 6) is 0.452. The number of hydrogen-bond donors (Lipinski definition) is 1. The molecule has 0 amide bonds. The number of nitrogens with zero attached hydrogens (tertiary/aromatic N) is 3. The molecule has 0 radical (unpaired) electrons. The minimum atomic E-state index is -0.549. The highest BCUT2D eigenvalue weighted by atomic mass is 79.9. The maximum Gasteiger partial charge on any atom is 0.361 e. The SMILES string of the molecule is CCOC(=O)c1n[nH]nc1-c1cc(Br)c(OCc2ccccn2)c(OC)c1. The molecule has 3 aromatic rings. The van der Waals surface area contributed by atoms with Crippen LogP contribution in [-0.2, 0) is 11.3 Å². The molecule has 0 saturated heterocycles. The van der Waals surface area contributed by atoms with E-state index in [9.17, 15) is 4.79 Å². The van der Waals surface area contributed by atoms with E-state index in [1.807, 2.05) is 18.2 Å². The van der Waals surface area contributed by atoms with Gasteiger partial charge in [-0.15, -0.1) is 5.10 Å². The number of hydrogen-bond acceptors (Lipinski definition) is 7. The first kappa shape index (κ1) is 18.8. The number of benzene rings is 1. The second kappa shape index (κ2) is 8.63. The molecule has 8 nitrogen and oxygen atoms in total. The van der Waals surface area contributed by atoms with Crippen LogP contribution in [0.25, 0.3) is 11.3 Å². The average molecular weight is 433 g/mol. The van der Waals surface area contributed by atoms with Crippen molar-refractivity contribution in [3.05, 3.63) is 52.4 Å². The first-order valence-electron chi connectivity index (χ1n) is 8.12. The van der Waals surface area contributed by atoms with Gasteiger partial charge in [-0.05, 0) is 47.1 Å². The van der Waals surface area contributed by atoms with Crippen molar-refractivity contribution in [1.29, 1.82) is 0 Å².